The molecular formula is C19H18ClN5. The summed E-state index contributed by atoms with van der Waals surface area (Å²) >= 11 is 5.98. The molecule has 0 aliphatic carbocycles. The van der Waals surface area contributed by atoms with Gasteiger partial charge in [0.2, 0.25) is 5.95 Å². The third-order valence-electron chi connectivity index (χ3n) is 4.53. The minimum Gasteiger partial charge on any atom is -0.383 e. The average molecular weight is 352 g/mol. The summed E-state index contributed by atoms with van der Waals surface area (Å²) in [6.45, 7) is 1.63. The molecule has 3 aromatic rings. The zero-order valence-electron chi connectivity index (χ0n) is 13.6. The number of rotatable bonds is 3. The van der Waals surface area contributed by atoms with Crippen molar-refractivity contribution >= 4 is 29.1 Å². The second kappa shape index (κ2) is 6.26. The quantitative estimate of drug-likeness (QED) is 0.754. The van der Waals surface area contributed by atoms with Gasteiger partial charge in [0.1, 0.15) is 5.82 Å². The SMILES string of the molecule is Nc1ncc(CN2CCc3cc(-c4ccc(Cl)cc4)ccc32)c(N)n1. The lowest BCUT2D eigenvalue weighted by Crippen LogP contribution is -2.21. The molecule has 0 atom stereocenters. The number of benzene rings is 2. The molecule has 0 saturated carbocycles. The summed E-state index contributed by atoms with van der Waals surface area (Å²) in [7, 11) is 0. The molecular weight excluding hydrogens is 334 g/mol. The monoisotopic (exact) mass is 351 g/mol. The lowest BCUT2D eigenvalue weighted by atomic mass is 10.0. The molecule has 0 saturated heterocycles. The topological polar surface area (TPSA) is 81.1 Å². The van der Waals surface area contributed by atoms with E-state index in [0.717, 1.165) is 23.6 Å². The van der Waals surface area contributed by atoms with Crippen LogP contribution in [0, 0.1) is 0 Å². The van der Waals surface area contributed by atoms with E-state index in [1.54, 1.807) is 6.20 Å². The molecule has 2 heterocycles. The van der Waals surface area contributed by atoms with Crippen LogP contribution in [0.1, 0.15) is 11.1 Å². The van der Waals surface area contributed by atoms with Gasteiger partial charge in [-0.05, 0) is 47.4 Å². The van der Waals surface area contributed by atoms with Crippen molar-refractivity contribution in [1.29, 1.82) is 0 Å². The molecule has 1 aromatic heterocycles. The summed E-state index contributed by atoms with van der Waals surface area (Å²) in [5.74, 6) is 0.648. The zero-order chi connectivity index (χ0) is 17.4. The van der Waals surface area contributed by atoms with Crippen LogP contribution in [-0.2, 0) is 13.0 Å². The Labute approximate surface area is 151 Å². The Kier molecular flexibility index (Phi) is 3.93. The Morgan fingerprint density at radius 1 is 1.04 bits per heavy atom. The highest BCUT2D eigenvalue weighted by Gasteiger charge is 2.20. The van der Waals surface area contributed by atoms with Crippen LogP contribution >= 0.6 is 11.6 Å². The van der Waals surface area contributed by atoms with E-state index in [1.807, 2.05) is 24.3 Å². The molecule has 2 aromatic carbocycles. The first kappa shape index (κ1) is 15.7. The average Bonchev–Trinajstić information content (AvgIpc) is 3.00. The van der Waals surface area contributed by atoms with Gasteiger partial charge in [-0.1, -0.05) is 29.8 Å². The Morgan fingerprint density at radius 2 is 1.80 bits per heavy atom. The highest BCUT2D eigenvalue weighted by Crippen LogP contribution is 2.34. The normalized spacial score (nSPS) is 13.1. The first-order chi connectivity index (χ1) is 12.1. The summed E-state index contributed by atoms with van der Waals surface area (Å²) < 4.78 is 0. The van der Waals surface area contributed by atoms with Gasteiger partial charge >= 0.3 is 0 Å². The highest BCUT2D eigenvalue weighted by atomic mass is 35.5. The van der Waals surface area contributed by atoms with Crippen molar-refractivity contribution in [3.8, 4) is 11.1 Å². The third-order valence-corrected chi connectivity index (χ3v) is 4.78. The van der Waals surface area contributed by atoms with Crippen LogP contribution < -0.4 is 16.4 Å². The van der Waals surface area contributed by atoms with E-state index in [2.05, 4.69) is 33.1 Å². The van der Waals surface area contributed by atoms with Crippen molar-refractivity contribution in [3.63, 3.8) is 0 Å². The van der Waals surface area contributed by atoms with Gasteiger partial charge in [0.15, 0.2) is 0 Å². The standard InChI is InChI=1S/C19H18ClN5/c20-16-4-1-12(2-5-16)13-3-6-17-14(9-13)7-8-25(17)11-15-10-23-19(22)24-18(15)21/h1-6,9-10H,7-8,11H2,(H4,21,22,23,24). The highest BCUT2D eigenvalue weighted by molar-refractivity contribution is 6.30. The Morgan fingerprint density at radius 3 is 2.56 bits per heavy atom. The summed E-state index contributed by atoms with van der Waals surface area (Å²) in [5, 5.41) is 0.749. The first-order valence-corrected chi connectivity index (χ1v) is 8.48. The van der Waals surface area contributed by atoms with Crippen molar-refractivity contribution in [2.75, 3.05) is 22.9 Å². The molecule has 126 valence electrons. The molecule has 0 bridgehead atoms. The van der Waals surface area contributed by atoms with Gasteiger partial charge in [0.05, 0.1) is 0 Å². The summed E-state index contributed by atoms with van der Waals surface area (Å²) in [6.07, 6.45) is 2.71. The Hall–Kier alpha value is -2.79. The van der Waals surface area contributed by atoms with Crippen LogP contribution in [0.25, 0.3) is 11.1 Å². The maximum atomic E-state index is 5.98. The van der Waals surface area contributed by atoms with Crippen molar-refractivity contribution in [3.05, 3.63) is 64.8 Å². The molecule has 0 unspecified atom stereocenters. The maximum Gasteiger partial charge on any atom is 0.221 e. The predicted molar refractivity (Wildman–Crippen MR) is 102 cm³/mol. The van der Waals surface area contributed by atoms with Gasteiger partial charge in [-0.2, -0.15) is 4.98 Å². The summed E-state index contributed by atoms with van der Waals surface area (Å²) in [5.41, 5.74) is 17.4. The number of hydrogen-bond acceptors (Lipinski definition) is 5. The minimum absolute atomic E-state index is 0.204. The van der Waals surface area contributed by atoms with Gasteiger partial charge in [0.25, 0.3) is 0 Å². The fourth-order valence-corrected chi connectivity index (χ4v) is 3.34. The van der Waals surface area contributed by atoms with Gasteiger partial charge < -0.3 is 16.4 Å². The van der Waals surface area contributed by atoms with Crippen molar-refractivity contribution in [1.82, 2.24) is 9.97 Å². The van der Waals surface area contributed by atoms with Crippen LogP contribution in [0.4, 0.5) is 17.5 Å². The number of halogens is 1. The largest absolute Gasteiger partial charge is 0.383 e. The van der Waals surface area contributed by atoms with Gasteiger partial charge in [0, 0.05) is 35.6 Å². The second-order valence-corrected chi connectivity index (χ2v) is 6.60. The molecule has 1 aliphatic heterocycles. The minimum atomic E-state index is 0.204. The van der Waals surface area contributed by atoms with Crippen LogP contribution in [0.5, 0.6) is 0 Å². The summed E-state index contributed by atoms with van der Waals surface area (Å²) in [6, 6.07) is 14.5. The smallest absolute Gasteiger partial charge is 0.221 e. The second-order valence-electron chi connectivity index (χ2n) is 6.16. The van der Waals surface area contributed by atoms with E-state index >= 15 is 0 Å². The molecule has 4 rings (SSSR count). The lowest BCUT2D eigenvalue weighted by molar-refractivity contribution is 0.830. The van der Waals surface area contributed by atoms with Gasteiger partial charge in [-0.25, -0.2) is 4.98 Å². The Bertz CT molecular complexity index is 924. The molecule has 1 aliphatic rings. The zero-order valence-corrected chi connectivity index (χ0v) is 14.4. The molecule has 4 N–H and O–H groups in total. The van der Waals surface area contributed by atoms with Crippen LogP contribution in [-0.4, -0.2) is 16.5 Å². The van der Waals surface area contributed by atoms with E-state index < -0.39 is 0 Å². The molecule has 0 spiro atoms. The van der Waals surface area contributed by atoms with E-state index in [9.17, 15) is 0 Å². The van der Waals surface area contributed by atoms with Gasteiger partial charge in [-0.3, -0.25) is 0 Å². The van der Waals surface area contributed by atoms with Crippen LogP contribution in [0.15, 0.2) is 48.7 Å². The number of aromatic nitrogens is 2. The number of fused-ring (bicyclic) bond motifs is 1. The Balaban J connectivity index is 1.59. The number of nitrogens with zero attached hydrogens (tertiary/aromatic N) is 3. The van der Waals surface area contributed by atoms with Gasteiger partial charge in [-0.15, -0.1) is 0 Å². The first-order valence-electron chi connectivity index (χ1n) is 8.11. The lowest BCUT2D eigenvalue weighted by Gasteiger charge is -2.20. The third kappa shape index (κ3) is 3.10. The van der Waals surface area contributed by atoms with E-state index in [1.165, 1.54) is 22.4 Å². The van der Waals surface area contributed by atoms with Crippen molar-refractivity contribution in [2.24, 2.45) is 0 Å². The molecule has 0 radical (unpaired) electrons. The number of nitrogen functional groups attached to an aromatic ring is 2. The van der Waals surface area contributed by atoms with Crippen LogP contribution in [0.3, 0.4) is 0 Å². The maximum absolute atomic E-state index is 5.98. The number of anilines is 3. The number of hydrogen-bond donors (Lipinski definition) is 2. The summed E-state index contributed by atoms with van der Waals surface area (Å²) in [4.78, 5) is 10.4. The fourth-order valence-electron chi connectivity index (χ4n) is 3.22. The van der Waals surface area contributed by atoms with E-state index in [0.29, 0.717) is 12.4 Å². The number of nitrogens with two attached hydrogens (primary N) is 2. The molecule has 5 nitrogen and oxygen atoms in total. The van der Waals surface area contributed by atoms with E-state index in [-0.39, 0.29) is 5.95 Å². The predicted octanol–water partition coefficient (Wildman–Crippen LogP) is 3.52. The molecule has 0 fully saturated rings. The van der Waals surface area contributed by atoms with Crippen molar-refractivity contribution in [2.45, 2.75) is 13.0 Å². The van der Waals surface area contributed by atoms with Crippen LogP contribution in [0.2, 0.25) is 5.02 Å². The fraction of sp³-hybridized carbons (Fsp3) is 0.158. The van der Waals surface area contributed by atoms with E-state index in [4.69, 9.17) is 23.1 Å². The molecule has 25 heavy (non-hydrogen) atoms. The molecule has 6 heteroatoms. The molecule has 0 amide bonds. The van der Waals surface area contributed by atoms with Crippen molar-refractivity contribution < 1.29 is 0 Å².